The van der Waals surface area contributed by atoms with E-state index >= 15 is 0 Å². The molecule has 0 amide bonds. The Morgan fingerprint density at radius 1 is 1.03 bits per heavy atom. The van der Waals surface area contributed by atoms with E-state index in [2.05, 4.69) is 62.9 Å². The van der Waals surface area contributed by atoms with Gasteiger partial charge in [0.2, 0.25) is 0 Å². The summed E-state index contributed by atoms with van der Waals surface area (Å²) in [4.78, 5) is 2.72. The van der Waals surface area contributed by atoms with Gasteiger partial charge in [0, 0.05) is 63.1 Å². The fourth-order valence-corrected chi connectivity index (χ4v) is 6.35. The number of likely N-dealkylation sites (tertiary alicyclic amines) is 1. The van der Waals surface area contributed by atoms with Gasteiger partial charge in [0.1, 0.15) is 5.82 Å². The monoisotopic (exact) mass is 446 g/mol. The third-order valence-electron chi connectivity index (χ3n) is 8.05. The molecule has 1 N–H and O–H groups in total. The van der Waals surface area contributed by atoms with E-state index in [4.69, 9.17) is 4.74 Å². The zero-order chi connectivity index (χ0) is 22.4. The number of hydrogen-bond acceptors (Lipinski definition) is 6. The average molecular weight is 447 g/mol. The molecule has 0 bridgehead atoms. The summed E-state index contributed by atoms with van der Waals surface area (Å²) >= 11 is 0. The van der Waals surface area contributed by atoms with E-state index in [0.717, 1.165) is 53.6 Å². The number of ether oxygens (including phenoxy) is 1. The third-order valence-corrected chi connectivity index (χ3v) is 8.05. The van der Waals surface area contributed by atoms with Crippen LogP contribution in [0.5, 0.6) is 0 Å². The topological polar surface area (TPSA) is 68.1 Å². The average Bonchev–Trinajstić information content (AvgIpc) is 3.48. The highest BCUT2D eigenvalue weighted by atomic mass is 16.5. The highest BCUT2D eigenvalue weighted by molar-refractivity contribution is 5.88. The van der Waals surface area contributed by atoms with Crippen molar-refractivity contribution in [2.45, 2.75) is 38.6 Å². The van der Waals surface area contributed by atoms with E-state index < -0.39 is 0 Å². The van der Waals surface area contributed by atoms with Gasteiger partial charge in [-0.15, -0.1) is 10.2 Å². The molecule has 0 spiro atoms. The van der Waals surface area contributed by atoms with Crippen molar-refractivity contribution in [1.29, 1.82) is 0 Å². The van der Waals surface area contributed by atoms with Crippen LogP contribution in [-0.4, -0.2) is 63.8 Å². The fourth-order valence-electron chi connectivity index (χ4n) is 6.35. The van der Waals surface area contributed by atoms with Crippen LogP contribution >= 0.6 is 0 Å². The number of rotatable bonds is 5. The number of anilines is 1. The molecule has 2 aromatic heterocycles. The number of aromatic nitrogens is 4. The highest BCUT2D eigenvalue weighted by Crippen LogP contribution is 2.39. The van der Waals surface area contributed by atoms with Crippen LogP contribution in [-0.2, 0) is 11.8 Å². The van der Waals surface area contributed by atoms with Crippen molar-refractivity contribution >= 4 is 16.7 Å². The van der Waals surface area contributed by atoms with Crippen molar-refractivity contribution in [3.63, 3.8) is 0 Å². The first-order valence-corrected chi connectivity index (χ1v) is 12.5. The molecule has 6 rings (SSSR count). The minimum Gasteiger partial charge on any atom is -0.381 e. The van der Waals surface area contributed by atoms with E-state index in [0.29, 0.717) is 6.04 Å². The number of benzene rings is 1. The van der Waals surface area contributed by atoms with E-state index in [1.807, 2.05) is 11.7 Å². The molecule has 2 unspecified atom stereocenters. The lowest BCUT2D eigenvalue weighted by atomic mass is 10.00. The van der Waals surface area contributed by atoms with Crippen LogP contribution in [0.1, 0.15) is 31.2 Å². The van der Waals surface area contributed by atoms with Crippen molar-refractivity contribution in [3.8, 4) is 11.3 Å². The molecule has 0 radical (unpaired) electrons. The summed E-state index contributed by atoms with van der Waals surface area (Å²) in [6, 6.07) is 8.85. The van der Waals surface area contributed by atoms with Gasteiger partial charge in [0.05, 0.1) is 11.2 Å². The maximum absolute atomic E-state index is 5.52. The number of fused-ring (bicyclic) bond motifs is 2. The molecule has 3 aliphatic rings. The maximum Gasteiger partial charge on any atom is 0.148 e. The molecule has 33 heavy (non-hydrogen) atoms. The van der Waals surface area contributed by atoms with E-state index in [1.165, 1.54) is 56.3 Å². The predicted molar refractivity (Wildman–Crippen MR) is 130 cm³/mol. The van der Waals surface area contributed by atoms with Gasteiger partial charge in [-0.05, 0) is 74.1 Å². The highest BCUT2D eigenvalue weighted by Gasteiger charge is 2.41. The number of aryl methyl sites for hydroxylation is 2. The Hall–Kier alpha value is -2.51. The lowest BCUT2D eigenvalue weighted by Gasteiger charge is -2.27. The van der Waals surface area contributed by atoms with Crippen molar-refractivity contribution in [3.05, 3.63) is 36.0 Å². The van der Waals surface area contributed by atoms with Gasteiger partial charge in [0.15, 0.2) is 0 Å². The van der Waals surface area contributed by atoms with Crippen molar-refractivity contribution in [2.75, 3.05) is 38.2 Å². The Labute approximate surface area is 195 Å². The Bertz CT molecular complexity index is 1110. The second kappa shape index (κ2) is 8.69. The quantitative estimate of drug-likeness (QED) is 0.641. The minimum absolute atomic E-state index is 0.513. The van der Waals surface area contributed by atoms with Crippen LogP contribution in [0, 0.1) is 24.7 Å². The van der Waals surface area contributed by atoms with Crippen molar-refractivity contribution in [1.82, 2.24) is 24.9 Å². The van der Waals surface area contributed by atoms with Crippen LogP contribution in [0.3, 0.4) is 0 Å². The third kappa shape index (κ3) is 4.24. The van der Waals surface area contributed by atoms with Crippen LogP contribution in [0.25, 0.3) is 22.2 Å². The molecule has 3 fully saturated rings. The van der Waals surface area contributed by atoms with Crippen LogP contribution in [0.2, 0.25) is 0 Å². The van der Waals surface area contributed by atoms with Gasteiger partial charge < -0.3 is 15.0 Å². The van der Waals surface area contributed by atoms with E-state index in [9.17, 15) is 0 Å². The summed E-state index contributed by atoms with van der Waals surface area (Å²) in [7, 11) is 1.96. The largest absolute Gasteiger partial charge is 0.381 e. The molecule has 1 saturated carbocycles. The lowest BCUT2D eigenvalue weighted by molar-refractivity contribution is 0.0545. The van der Waals surface area contributed by atoms with Gasteiger partial charge in [0.25, 0.3) is 0 Å². The van der Waals surface area contributed by atoms with Gasteiger partial charge in [-0.1, -0.05) is 6.07 Å². The minimum atomic E-state index is 0.513. The first-order valence-electron chi connectivity index (χ1n) is 12.5. The van der Waals surface area contributed by atoms with Gasteiger partial charge in [-0.3, -0.25) is 4.68 Å². The Morgan fingerprint density at radius 2 is 1.82 bits per heavy atom. The first kappa shape index (κ1) is 21.1. The SMILES string of the molecule is Cc1c(-c2ccc(NC3CC4CN(CC5CCOCC5)C[C@H]4C3)nn2)ccc2nn(C)cc12. The van der Waals surface area contributed by atoms with Crippen LogP contribution in [0.4, 0.5) is 5.82 Å². The summed E-state index contributed by atoms with van der Waals surface area (Å²) in [6.45, 7) is 7.84. The summed E-state index contributed by atoms with van der Waals surface area (Å²) in [6.07, 6.45) is 7.03. The number of nitrogens with one attached hydrogen (secondary N) is 1. The molecule has 2 aliphatic heterocycles. The number of hydrogen-bond donors (Lipinski definition) is 1. The molecule has 174 valence electrons. The zero-order valence-corrected chi connectivity index (χ0v) is 19.7. The maximum atomic E-state index is 5.52. The molecular weight excluding hydrogens is 412 g/mol. The summed E-state index contributed by atoms with van der Waals surface area (Å²) < 4.78 is 7.39. The summed E-state index contributed by atoms with van der Waals surface area (Å²) in [5.74, 6) is 3.37. The molecule has 3 atom stereocenters. The second-order valence-corrected chi connectivity index (χ2v) is 10.4. The predicted octanol–water partition coefficient (Wildman–Crippen LogP) is 3.89. The van der Waals surface area contributed by atoms with Crippen molar-refractivity contribution in [2.24, 2.45) is 24.8 Å². The molecule has 4 heterocycles. The number of nitrogens with zero attached hydrogens (tertiary/aromatic N) is 5. The summed E-state index contributed by atoms with van der Waals surface area (Å²) in [5, 5.41) is 18.4. The molecule has 2 saturated heterocycles. The molecule has 7 nitrogen and oxygen atoms in total. The summed E-state index contributed by atoms with van der Waals surface area (Å²) in [5.41, 5.74) is 4.25. The van der Waals surface area contributed by atoms with Crippen LogP contribution in [0.15, 0.2) is 30.5 Å². The molecule has 1 aromatic carbocycles. The Kier molecular flexibility index (Phi) is 5.54. The Balaban J connectivity index is 1.06. The normalized spacial score (nSPS) is 26.2. The fraction of sp³-hybridized carbons (Fsp3) is 0.577. The molecule has 3 aromatic rings. The van der Waals surface area contributed by atoms with Gasteiger partial charge in [-0.25, -0.2) is 0 Å². The molecule has 1 aliphatic carbocycles. The van der Waals surface area contributed by atoms with E-state index in [1.54, 1.807) is 0 Å². The van der Waals surface area contributed by atoms with E-state index in [-0.39, 0.29) is 0 Å². The molecule has 7 heteroatoms. The molecular formula is C26H34N6O. The van der Waals surface area contributed by atoms with Gasteiger partial charge >= 0.3 is 0 Å². The first-order chi connectivity index (χ1) is 16.1. The smallest absolute Gasteiger partial charge is 0.148 e. The second-order valence-electron chi connectivity index (χ2n) is 10.4. The lowest BCUT2D eigenvalue weighted by Crippen LogP contribution is -2.32. The Morgan fingerprint density at radius 3 is 2.55 bits per heavy atom. The zero-order valence-electron chi connectivity index (χ0n) is 19.7. The van der Waals surface area contributed by atoms with Crippen LogP contribution < -0.4 is 5.32 Å². The standard InChI is InChI=1S/C26H34N6O/c1-17-22(3-4-25-23(17)16-31(2)30-25)24-5-6-26(29-28-24)27-21-11-19-14-32(15-20(19)12-21)13-18-7-9-33-10-8-18/h3-6,16,18-21H,7-15H2,1-2H3,(H,27,29)/t19-,20?,21?/m1/s1. The van der Waals surface area contributed by atoms with Gasteiger partial charge in [-0.2, -0.15) is 5.10 Å². The van der Waals surface area contributed by atoms with Crippen molar-refractivity contribution < 1.29 is 4.74 Å².